The number of halogens is 2. The average Bonchev–Trinajstić information content (AvgIpc) is 3.01. The van der Waals surface area contributed by atoms with Gasteiger partial charge in [0.2, 0.25) is 0 Å². The predicted molar refractivity (Wildman–Crippen MR) is 91.8 cm³/mol. The van der Waals surface area contributed by atoms with Crippen molar-refractivity contribution in [3.63, 3.8) is 0 Å². The first-order valence-electron chi connectivity index (χ1n) is 6.54. The number of carbonyl (C=O) groups excluding carboxylic acids is 1. The van der Waals surface area contributed by atoms with Crippen molar-refractivity contribution >= 4 is 38.9 Å². The maximum Gasteiger partial charge on any atom is 0.258 e. The van der Waals surface area contributed by atoms with Crippen LogP contribution in [-0.4, -0.2) is 5.91 Å². The zero-order chi connectivity index (χ0) is 15.5. The lowest BCUT2D eigenvalue weighted by Crippen LogP contribution is -2.14. The fourth-order valence-electron chi connectivity index (χ4n) is 2.10. The third-order valence-corrected chi connectivity index (χ3v) is 4.53. The zero-order valence-electron chi connectivity index (χ0n) is 11.3. The molecule has 1 heterocycles. The maximum absolute atomic E-state index is 13.9. The van der Waals surface area contributed by atoms with E-state index in [9.17, 15) is 9.18 Å². The normalized spacial score (nSPS) is 10.5. The number of thiophene rings is 1. The summed E-state index contributed by atoms with van der Waals surface area (Å²) in [6, 6.07) is 15.8. The Kier molecular flexibility index (Phi) is 4.36. The van der Waals surface area contributed by atoms with Crippen LogP contribution in [0.25, 0.3) is 10.4 Å². The molecule has 3 rings (SSSR count). The minimum atomic E-state index is -0.555. The van der Waals surface area contributed by atoms with Gasteiger partial charge in [0.25, 0.3) is 5.91 Å². The summed E-state index contributed by atoms with van der Waals surface area (Å²) in [5.41, 5.74) is 1.60. The van der Waals surface area contributed by atoms with Crippen LogP contribution in [0.2, 0.25) is 0 Å². The number of para-hydroxylation sites is 1. The van der Waals surface area contributed by atoms with Crippen molar-refractivity contribution in [1.29, 1.82) is 0 Å². The molecule has 0 aliphatic heterocycles. The first kappa shape index (κ1) is 14.9. The molecule has 0 unspecified atom stereocenters. The summed E-state index contributed by atoms with van der Waals surface area (Å²) in [7, 11) is 0. The summed E-state index contributed by atoms with van der Waals surface area (Å²) in [4.78, 5) is 13.4. The molecule has 1 amide bonds. The molecule has 0 saturated heterocycles. The van der Waals surface area contributed by atoms with Crippen LogP contribution in [0.4, 0.5) is 10.1 Å². The third-order valence-electron chi connectivity index (χ3n) is 3.14. The second-order valence-electron chi connectivity index (χ2n) is 4.60. The van der Waals surface area contributed by atoms with Gasteiger partial charge < -0.3 is 5.32 Å². The quantitative estimate of drug-likeness (QED) is 0.636. The summed E-state index contributed by atoms with van der Waals surface area (Å²) in [5.74, 6) is -1.02. The van der Waals surface area contributed by atoms with Gasteiger partial charge in [-0.2, -0.15) is 0 Å². The largest absolute Gasteiger partial charge is 0.321 e. The molecule has 0 bridgehead atoms. The molecule has 1 N–H and O–H groups in total. The van der Waals surface area contributed by atoms with Crippen LogP contribution in [0.15, 0.2) is 64.5 Å². The molecule has 1 aromatic heterocycles. The molecule has 0 saturated carbocycles. The van der Waals surface area contributed by atoms with Crippen molar-refractivity contribution in [2.75, 3.05) is 5.32 Å². The zero-order valence-corrected chi connectivity index (χ0v) is 13.7. The van der Waals surface area contributed by atoms with Crippen LogP contribution >= 0.6 is 27.3 Å². The van der Waals surface area contributed by atoms with Crippen molar-refractivity contribution in [2.24, 2.45) is 0 Å². The number of hydrogen-bond acceptors (Lipinski definition) is 2. The minimum Gasteiger partial charge on any atom is -0.321 e. The lowest BCUT2D eigenvalue weighted by molar-refractivity contribution is 0.102. The van der Waals surface area contributed by atoms with Crippen molar-refractivity contribution in [2.45, 2.75) is 0 Å². The molecule has 0 spiro atoms. The van der Waals surface area contributed by atoms with Gasteiger partial charge in [0.1, 0.15) is 5.82 Å². The Hall–Kier alpha value is -1.98. The van der Waals surface area contributed by atoms with E-state index in [-0.39, 0.29) is 5.56 Å². The van der Waals surface area contributed by atoms with Gasteiger partial charge in [0.15, 0.2) is 0 Å². The molecule has 22 heavy (non-hydrogen) atoms. The first-order chi connectivity index (χ1) is 10.6. The summed E-state index contributed by atoms with van der Waals surface area (Å²) in [5, 5.41) is 4.76. The molecule has 110 valence electrons. The average molecular weight is 376 g/mol. The van der Waals surface area contributed by atoms with Gasteiger partial charge in [-0.1, -0.05) is 40.2 Å². The van der Waals surface area contributed by atoms with Crippen LogP contribution in [0.3, 0.4) is 0 Å². The Bertz CT molecular complexity index is 817. The van der Waals surface area contributed by atoms with Gasteiger partial charge in [0, 0.05) is 20.6 Å². The highest BCUT2D eigenvalue weighted by Gasteiger charge is 2.14. The lowest BCUT2D eigenvalue weighted by atomic mass is 10.1. The van der Waals surface area contributed by atoms with Crippen molar-refractivity contribution in [1.82, 2.24) is 0 Å². The van der Waals surface area contributed by atoms with Crippen LogP contribution in [0, 0.1) is 5.82 Å². The van der Waals surface area contributed by atoms with Gasteiger partial charge in [-0.25, -0.2) is 4.39 Å². The van der Waals surface area contributed by atoms with E-state index in [1.54, 1.807) is 17.4 Å². The van der Waals surface area contributed by atoms with E-state index in [2.05, 4.69) is 21.2 Å². The standard InChI is InChI=1S/C17H11BrFNOS/c18-11-7-8-12(14(19)10-11)17(21)20-15-5-2-1-4-13(15)16-6-3-9-22-16/h1-10H,(H,20,21). The van der Waals surface area contributed by atoms with E-state index < -0.39 is 11.7 Å². The highest BCUT2D eigenvalue weighted by molar-refractivity contribution is 9.10. The molecule has 2 aromatic carbocycles. The number of carbonyl (C=O) groups is 1. The summed E-state index contributed by atoms with van der Waals surface area (Å²) in [6.45, 7) is 0. The highest BCUT2D eigenvalue weighted by atomic mass is 79.9. The van der Waals surface area contributed by atoms with E-state index >= 15 is 0 Å². The molecule has 0 aliphatic carbocycles. The van der Waals surface area contributed by atoms with E-state index in [1.165, 1.54) is 12.1 Å². The Morgan fingerprint density at radius 1 is 1.09 bits per heavy atom. The molecule has 2 nitrogen and oxygen atoms in total. The van der Waals surface area contributed by atoms with Crippen LogP contribution in [0.1, 0.15) is 10.4 Å². The SMILES string of the molecule is O=C(Nc1ccccc1-c1cccs1)c1ccc(Br)cc1F. The van der Waals surface area contributed by atoms with Gasteiger partial charge >= 0.3 is 0 Å². The molecule has 0 atom stereocenters. The first-order valence-corrected chi connectivity index (χ1v) is 8.22. The number of hydrogen-bond donors (Lipinski definition) is 1. The Morgan fingerprint density at radius 3 is 2.64 bits per heavy atom. The number of amides is 1. The molecule has 0 aliphatic rings. The van der Waals surface area contributed by atoms with Gasteiger partial charge in [-0.05, 0) is 35.7 Å². The van der Waals surface area contributed by atoms with Crippen LogP contribution in [0.5, 0.6) is 0 Å². The van der Waals surface area contributed by atoms with E-state index in [1.807, 2.05) is 41.8 Å². The second-order valence-corrected chi connectivity index (χ2v) is 6.46. The van der Waals surface area contributed by atoms with Gasteiger partial charge in [0.05, 0.1) is 5.56 Å². The maximum atomic E-state index is 13.9. The number of nitrogens with one attached hydrogen (secondary N) is 1. The molecule has 0 radical (unpaired) electrons. The monoisotopic (exact) mass is 375 g/mol. The minimum absolute atomic E-state index is 0.0178. The molecule has 3 aromatic rings. The highest BCUT2D eigenvalue weighted by Crippen LogP contribution is 2.31. The van der Waals surface area contributed by atoms with Crippen LogP contribution in [-0.2, 0) is 0 Å². The topological polar surface area (TPSA) is 29.1 Å². The predicted octanol–water partition coefficient (Wildman–Crippen LogP) is 5.57. The fourth-order valence-corrected chi connectivity index (χ4v) is 3.20. The fraction of sp³-hybridized carbons (Fsp3) is 0. The summed E-state index contributed by atoms with van der Waals surface area (Å²) >= 11 is 4.77. The molecule has 5 heteroatoms. The lowest BCUT2D eigenvalue weighted by Gasteiger charge is -2.10. The van der Waals surface area contributed by atoms with E-state index in [0.717, 1.165) is 10.4 Å². The summed E-state index contributed by atoms with van der Waals surface area (Å²) in [6.07, 6.45) is 0. The molecule has 0 fully saturated rings. The summed E-state index contributed by atoms with van der Waals surface area (Å²) < 4.78 is 14.5. The second kappa shape index (κ2) is 6.42. The number of anilines is 1. The Labute approximate surface area is 139 Å². The molecular weight excluding hydrogens is 365 g/mol. The van der Waals surface area contributed by atoms with E-state index in [4.69, 9.17) is 0 Å². The van der Waals surface area contributed by atoms with Gasteiger partial charge in [-0.15, -0.1) is 11.3 Å². The van der Waals surface area contributed by atoms with Crippen molar-refractivity contribution in [3.05, 3.63) is 75.8 Å². The van der Waals surface area contributed by atoms with Gasteiger partial charge in [-0.3, -0.25) is 4.79 Å². The molecular formula is C17H11BrFNOS. The Balaban J connectivity index is 1.92. The smallest absolute Gasteiger partial charge is 0.258 e. The van der Waals surface area contributed by atoms with Crippen LogP contribution < -0.4 is 5.32 Å². The Morgan fingerprint density at radius 2 is 1.91 bits per heavy atom. The third kappa shape index (κ3) is 3.10. The van der Waals surface area contributed by atoms with Crippen molar-refractivity contribution < 1.29 is 9.18 Å². The van der Waals surface area contributed by atoms with Crippen molar-refractivity contribution in [3.8, 4) is 10.4 Å². The van der Waals surface area contributed by atoms with E-state index in [0.29, 0.717) is 10.2 Å². The number of rotatable bonds is 3. The number of benzene rings is 2.